The van der Waals surface area contributed by atoms with Crippen molar-refractivity contribution in [2.45, 2.75) is 39.1 Å². The number of carbonyl (C=O) groups is 1. The average molecular weight is 339 g/mol. The Labute approximate surface area is 146 Å². The highest BCUT2D eigenvalue weighted by atomic mass is 16.5. The summed E-state index contributed by atoms with van der Waals surface area (Å²) in [6, 6.07) is 3.85. The van der Waals surface area contributed by atoms with E-state index in [-0.39, 0.29) is 18.1 Å². The van der Waals surface area contributed by atoms with Crippen LogP contribution in [0.5, 0.6) is 0 Å². The van der Waals surface area contributed by atoms with E-state index in [0.717, 1.165) is 24.3 Å². The van der Waals surface area contributed by atoms with E-state index in [0.29, 0.717) is 24.6 Å². The van der Waals surface area contributed by atoms with Crippen LogP contribution >= 0.6 is 0 Å². The van der Waals surface area contributed by atoms with Gasteiger partial charge in [0.05, 0.1) is 30.0 Å². The Bertz CT molecular complexity index is 772. The molecule has 0 saturated carbocycles. The first kappa shape index (κ1) is 16.0. The van der Waals surface area contributed by atoms with Crippen molar-refractivity contribution in [3.05, 3.63) is 47.5 Å². The lowest BCUT2D eigenvalue weighted by atomic mass is 10.2. The molecule has 1 fully saturated rings. The minimum absolute atomic E-state index is 0.0193. The first-order valence-electron chi connectivity index (χ1n) is 8.54. The number of morpholine rings is 1. The molecule has 130 valence electrons. The topological polar surface area (TPSA) is 71.5 Å². The fourth-order valence-electron chi connectivity index (χ4n) is 3.46. The first-order valence-corrected chi connectivity index (χ1v) is 8.54. The van der Waals surface area contributed by atoms with Crippen molar-refractivity contribution in [2.75, 3.05) is 18.0 Å². The molecule has 4 rings (SSSR count). The summed E-state index contributed by atoms with van der Waals surface area (Å²) in [5.74, 6) is 0.658. The smallest absolute Gasteiger partial charge is 0.258 e. The molecule has 0 aromatic carbocycles. The van der Waals surface area contributed by atoms with Gasteiger partial charge < -0.3 is 14.5 Å². The van der Waals surface area contributed by atoms with Crippen LogP contribution in [0.4, 0.5) is 5.95 Å². The van der Waals surface area contributed by atoms with Crippen molar-refractivity contribution in [1.29, 1.82) is 0 Å². The zero-order chi connectivity index (χ0) is 17.4. The van der Waals surface area contributed by atoms with Crippen LogP contribution in [0.25, 0.3) is 0 Å². The van der Waals surface area contributed by atoms with Gasteiger partial charge in [-0.05, 0) is 25.5 Å². The summed E-state index contributed by atoms with van der Waals surface area (Å²) in [6.07, 6.45) is 5.46. The van der Waals surface area contributed by atoms with Gasteiger partial charge in [0.2, 0.25) is 5.95 Å². The summed E-state index contributed by atoms with van der Waals surface area (Å²) in [5, 5.41) is 0. The number of aromatic nitrogens is 3. The first-order chi connectivity index (χ1) is 12.1. The van der Waals surface area contributed by atoms with Gasteiger partial charge in [-0.2, -0.15) is 0 Å². The maximum atomic E-state index is 12.6. The van der Waals surface area contributed by atoms with Gasteiger partial charge in [0.1, 0.15) is 0 Å². The van der Waals surface area contributed by atoms with E-state index in [1.807, 2.05) is 12.1 Å². The molecule has 0 bridgehead atoms. The van der Waals surface area contributed by atoms with Crippen molar-refractivity contribution in [3.63, 3.8) is 0 Å². The summed E-state index contributed by atoms with van der Waals surface area (Å²) in [7, 11) is 0. The minimum atomic E-state index is -0.0193. The molecule has 2 aliphatic heterocycles. The third kappa shape index (κ3) is 3.19. The van der Waals surface area contributed by atoms with Gasteiger partial charge in [-0.15, -0.1) is 0 Å². The molecule has 7 nitrogen and oxygen atoms in total. The summed E-state index contributed by atoms with van der Waals surface area (Å²) >= 11 is 0. The number of pyridine rings is 1. The standard InChI is InChI=1S/C18H21N5O2/c1-12-8-23(9-13(2)25-12)18-20-7-15-16(21-18)11-22(17(15)24)10-14-4-3-5-19-6-14/h3-7,12-13H,8-11H2,1-2H3/t12-,13+. The average Bonchev–Trinajstić information content (AvgIpc) is 2.90. The summed E-state index contributed by atoms with van der Waals surface area (Å²) in [5.41, 5.74) is 2.40. The molecule has 0 aliphatic carbocycles. The van der Waals surface area contributed by atoms with Crippen molar-refractivity contribution in [3.8, 4) is 0 Å². The fraction of sp³-hybridized carbons (Fsp3) is 0.444. The Morgan fingerprint density at radius 2 is 2.04 bits per heavy atom. The molecular formula is C18H21N5O2. The molecule has 2 atom stereocenters. The second-order valence-electron chi connectivity index (χ2n) is 6.72. The summed E-state index contributed by atoms with van der Waals surface area (Å²) < 4.78 is 5.77. The van der Waals surface area contributed by atoms with Gasteiger partial charge >= 0.3 is 0 Å². The molecule has 2 aromatic rings. The minimum Gasteiger partial charge on any atom is -0.372 e. The molecule has 25 heavy (non-hydrogen) atoms. The number of hydrogen-bond donors (Lipinski definition) is 0. The van der Waals surface area contributed by atoms with Crippen LogP contribution in [0.2, 0.25) is 0 Å². The van der Waals surface area contributed by atoms with E-state index in [1.54, 1.807) is 23.5 Å². The third-order valence-corrected chi connectivity index (χ3v) is 4.51. The number of hydrogen-bond acceptors (Lipinski definition) is 6. The largest absolute Gasteiger partial charge is 0.372 e. The SMILES string of the molecule is C[C@@H]1CN(c2ncc3c(n2)CN(Cc2cccnc2)C3=O)C[C@H](C)O1. The Balaban J connectivity index is 1.53. The maximum Gasteiger partial charge on any atom is 0.258 e. The van der Waals surface area contributed by atoms with Gasteiger partial charge in [-0.3, -0.25) is 9.78 Å². The quantitative estimate of drug-likeness (QED) is 0.847. The van der Waals surface area contributed by atoms with Crippen molar-refractivity contribution in [1.82, 2.24) is 19.9 Å². The van der Waals surface area contributed by atoms with E-state index in [4.69, 9.17) is 4.74 Å². The van der Waals surface area contributed by atoms with Gasteiger partial charge in [0, 0.05) is 38.2 Å². The van der Waals surface area contributed by atoms with Crippen LogP contribution in [0.3, 0.4) is 0 Å². The zero-order valence-corrected chi connectivity index (χ0v) is 14.4. The Morgan fingerprint density at radius 1 is 1.24 bits per heavy atom. The Hall–Kier alpha value is -2.54. The number of ether oxygens (including phenoxy) is 1. The third-order valence-electron chi connectivity index (χ3n) is 4.51. The number of nitrogens with zero attached hydrogens (tertiary/aromatic N) is 5. The Kier molecular flexibility index (Phi) is 4.09. The van der Waals surface area contributed by atoms with Gasteiger partial charge in [-0.1, -0.05) is 6.07 Å². The molecule has 0 N–H and O–H groups in total. The highest BCUT2D eigenvalue weighted by Crippen LogP contribution is 2.25. The second-order valence-corrected chi connectivity index (χ2v) is 6.72. The highest BCUT2D eigenvalue weighted by molar-refractivity contribution is 5.97. The number of rotatable bonds is 3. The van der Waals surface area contributed by atoms with Crippen molar-refractivity contribution < 1.29 is 9.53 Å². The molecule has 4 heterocycles. The van der Waals surface area contributed by atoms with Crippen LogP contribution in [0.1, 0.15) is 35.5 Å². The van der Waals surface area contributed by atoms with Crippen molar-refractivity contribution in [2.24, 2.45) is 0 Å². The summed E-state index contributed by atoms with van der Waals surface area (Å²) in [6.45, 7) is 6.66. The molecule has 1 amide bonds. The van der Waals surface area contributed by atoms with E-state index in [2.05, 4.69) is 33.7 Å². The van der Waals surface area contributed by atoms with Crippen molar-refractivity contribution >= 4 is 11.9 Å². The molecule has 1 saturated heterocycles. The van der Waals surface area contributed by atoms with E-state index in [9.17, 15) is 4.79 Å². The maximum absolute atomic E-state index is 12.6. The van der Waals surface area contributed by atoms with Crippen LogP contribution in [0.15, 0.2) is 30.7 Å². The van der Waals surface area contributed by atoms with E-state index in [1.165, 1.54) is 0 Å². The number of amides is 1. The molecule has 2 aliphatic rings. The van der Waals surface area contributed by atoms with E-state index >= 15 is 0 Å². The van der Waals surface area contributed by atoms with Gasteiger partial charge in [0.25, 0.3) is 5.91 Å². The lowest BCUT2D eigenvalue weighted by molar-refractivity contribution is -0.00573. The summed E-state index contributed by atoms with van der Waals surface area (Å²) in [4.78, 5) is 29.7. The van der Waals surface area contributed by atoms with Crippen LogP contribution in [0, 0.1) is 0 Å². The predicted octanol–water partition coefficient (Wildman–Crippen LogP) is 1.64. The fourth-order valence-corrected chi connectivity index (χ4v) is 3.46. The zero-order valence-electron chi connectivity index (χ0n) is 14.4. The predicted molar refractivity (Wildman–Crippen MR) is 92.1 cm³/mol. The van der Waals surface area contributed by atoms with Crippen LogP contribution in [-0.4, -0.2) is 51.1 Å². The van der Waals surface area contributed by atoms with Crippen LogP contribution in [-0.2, 0) is 17.8 Å². The second kappa shape index (κ2) is 6.40. The molecule has 0 unspecified atom stereocenters. The molecule has 7 heteroatoms. The molecule has 0 spiro atoms. The molecule has 0 radical (unpaired) electrons. The lowest BCUT2D eigenvalue weighted by Crippen LogP contribution is -2.46. The normalized spacial score (nSPS) is 23.0. The molecule has 2 aromatic heterocycles. The lowest BCUT2D eigenvalue weighted by Gasteiger charge is -2.35. The monoisotopic (exact) mass is 339 g/mol. The molecular weight excluding hydrogens is 318 g/mol. The number of anilines is 1. The Morgan fingerprint density at radius 3 is 2.76 bits per heavy atom. The van der Waals surface area contributed by atoms with Gasteiger partial charge in [-0.25, -0.2) is 9.97 Å². The number of fused-ring (bicyclic) bond motifs is 1. The van der Waals surface area contributed by atoms with Crippen LogP contribution < -0.4 is 4.90 Å². The highest BCUT2D eigenvalue weighted by Gasteiger charge is 2.31. The van der Waals surface area contributed by atoms with Gasteiger partial charge in [0.15, 0.2) is 0 Å². The number of carbonyl (C=O) groups excluding carboxylic acids is 1. The van der Waals surface area contributed by atoms with E-state index < -0.39 is 0 Å².